The minimum atomic E-state index is -0.195. The number of carbonyl (C=O) groups excluding carboxylic acids is 2. The number of esters is 2. The largest absolute Gasteiger partial charge is 0.426 e. The smallest absolute Gasteiger partial charge is 0.311 e. The zero-order valence-electron chi connectivity index (χ0n) is 23.3. The van der Waals surface area contributed by atoms with Crippen LogP contribution in [0, 0.1) is 13.8 Å². The van der Waals surface area contributed by atoms with E-state index in [2.05, 4.69) is 13.8 Å². The number of benzene rings is 2. The third-order valence-corrected chi connectivity index (χ3v) is 7.06. The van der Waals surface area contributed by atoms with Gasteiger partial charge >= 0.3 is 11.9 Å². The Bertz CT molecular complexity index is 870. The lowest BCUT2D eigenvalue weighted by Crippen LogP contribution is -2.12. The van der Waals surface area contributed by atoms with E-state index in [-0.39, 0.29) is 11.9 Å². The summed E-state index contributed by atoms with van der Waals surface area (Å²) >= 11 is 0. The van der Waals surface area contributed by atoms with E-state index in [1.54, 1.807) is 0 Å². The van der Waals surface area contributed by atoms with Gasteiger partial charge in [0, 0.05) is 23.6 Å². The molecular formula is C32H48O4. The minimum Gasteiger partial charge on any atom is -0.426 e. The summed E-state index contributed by atoms with van der Waals surface area (Å²) in [7, 11) is 0. The molecule has 0 heterocycles. The van der Waals surface area contributed by atoms with Crippen LogP contribution in [0.25, 0.3) is 10.8 Å². The van der Waals surface area contributed by atoms with Crippen LogP contribution in [0.3, 0.4) is 0 Å². The molecule has 4 nitrogen and oxygen atoms in total. The number of unbranched alkanes of at least 4 members (excludes halogenated alkanes) is 12. The summed E-state index contributed by atoms with van der Waals surface area (Å²) in [4.78, 5) is 25.3. The number of fused-ring (bicyclic) bond motifs is 1. The molecule has 0 aromatic heterocycles. The third kappa shape index (κ3) is 9.95. The zero-order valence-corrected chi connectivity index (χ0v) is 23.3. The normalized spacial score (nSPS) is 11.1. The van der Waals surface area contributed by atoms with Crippen LogP contribution in [0.15, 0.2) is 24.3 Å². The predicted octanol–water partition coefficient (Wildman–Crippen LogP) is 9.55. The molecular weight excluding hydrogens is 448 g/mol. The number of ether oxygens (including phenoxy) is 2. The van der Waals surface area contributed by atoms with E-state index in [9.17, 15) is 9.59 Å². The molecule has 0 saturated carbocycles. The maximum absolute atomic E-state index is 12.6. The first kappa shape index (κ1) is 29.9. The lowest BCUT2D eigenvalue weighted by molar-refractivity contribution is -0.135. The molecule has 0 saturated heterocycles. The fourth-order valence-electron chi connectivity index (χ4n) is 4.67. The van der Waals surface area contributed by atoms with E-state index in [1.165, 1.54) is 64.2 Å². The molecule has 0 spiro atoms. The fourth-order valence-corrected chi connectivity index (χ4v) is 4.67. The molecule has 0 unspecified atom stereocenters. The standard InChI is InChI=1S/C32H48O4/c1-5-7-9-11-13-15-17-23-29(33)35-31-25(3)26(4)32(28-22-20-19-21-27(28)31)36-30(34)24-18-16-14-12-10-8-6-2/h19-22H,5-18,23-24H2,1-4H3. The second-order valence-electron chi connectivity index (χ2n) is 10.1. The van der Waals surface area contributed by atoms with Gasteiger partial charge in [-0.1, -0.05) is 115 Å². The molecule has 0 amide bonds. The SMILES string of the molecule is CCCCCCCCCC(=O)Oc1c(C)c(C)c(OC(=O)CCCCCCCCC)c2ccccc12. The molecule has 36 heavy (non-hydrogen) atoms. The fraction of sp³-hybridized carbons (Fsp3) is 0.625. The highest BCUT2D eigenvalue weighted by molar-refractivity contribution is 5.98. The maximum Gasteiger partial charge on any atom is 0.311 e. The molecule has 200 valence electrons. The van der Waals surface area contributed by atoms with Crippen LogP contribution in [-0.2, 0) is 9.59 Å². The van der Waals surface area contributed by atoms with Crippen LogP contribution >= 0.6 is 0 Å². The molecule has 2 rings (SSSR count). The number of hydrogen-bond donors (Lipinski definition) is 0. The lowest BCUT2D eigenvalue weighted by atomic mass is 9.99. The second kappa shape index (κ2) is 17.2. The first-order chi connectivity index (χ1) is 17.5. The van der Waals surface area contributed by atoms with Gasteiger partial charge in [0.05, 0.1) is 0 Å². The van der Waals surface area contributed by atoms with Crippen molar-refractivity contribution in [1.29, 1.82) is 0 Å². The third-order valence-electron chi connectivity index (χ3n) is 7.06. The Morgan fingerprint density at radius 3 is 1.25 bits per heavy atom. The summed E-state index contributed by atoms with van der Waals surface area (Å²) in [6.45, 7) is 8.31. The Balaban J connectivity index is 1.98. The van der Waals surface area contributed by atoms with E-state index < -0.39 is 0 Å². The van der Waals surface area contributed by atoms with Crippen molar-refractivity contribution in [1.82, 2.24) is 0 Å². The molecule has 0 fully saturated rings. The average Bonchev–Trinajstić information content (AvgIpc) is 2.88. The van der Waals surface area contributed by atoms with E-state index >= 15 is 0 Å². The van der Waals surface area contributed by atoms with E-state index in [0.717, 1.165) is 47.6 Å². The van der Waals surface area contributed by atoms with Gasteiger partial charge in [0.1, 0.15) is 11.5 Å². The molecule has 0 bridgehead atoms. The van der Waals surface area contributed by atoms with Gasteiger partial charge in [0.15, 0.2) is 0 Å². The van der Waals surface area contributed by atoms with Gasteiger partial charge in [-0.2, -0.15) is 0 Å². The highest BCUT2D eigenvalue weighted by Crippen LogP contribution is 2.40. The highest BCUT2D eigenvalue weighted by Gasteiger charge is 2.20. The molecule has 2 aromatic rings. The van der Waals surface area contributed by atoms with Gasteiger partial charge in [-0.25, -0.2) is 0 Å². The Morgan fingerprint density at radius 2 is 0.889 bits per heavy atom. The van der Waals surface area contributed by atoms with Crippen molar-refractivity contribution in [2.75, 3.05) is 0 Å². The maximum atomic E-state index is 12.6. The van der Waals surface area contributed by atoms with Gasteiger partial charge in [0.25, 0.3) is 0 Å². The first-order valence-electron chi connectivity index (χ1n) is 14.4. The van der Waals surface area contributed by atoms with Crippen LogP contribution in [-0.4, -0.2) is 11.9 Å². The lowest BCUT2D eigenvalue weighted by Gasteiger charge is -2.18. The van der Waals surface area contributed by atoms with E-state index in [4.69, 9.17) is 9.47 Å². The van der Waals surface area contributed by atoms with Gasteiger partial charge in [0.2, 0.25) is 0 Å². The number of rotatable bonds is 18. The van der Waals surface area contributed by atoms with Crippen molar-refractivity contribution in [2.24, 2.45) is 0 Å². The molecule has 0 atom stereocenters. The van der Waals surface area contributed by atoms with Gasteiger partial charge in [-0.15, -0.1) is 0 Å². The van der Waals surface area contributed by atoms with Crippen molar-refractivity contribution < 1.29 is 19.1 Å². The van der Waals surface area contributed by atoms with Crippen LogP contribution < -0.4 is 9.47 Å². The topological polar surface area (TPSA) is 52.6 Å². The number of hydrogen-bond acceptors (Lipinski definition) is 4. The van der Waals surface area contributed by atoms with Crippen molar-refractivity contribution in [3.05, 3.63) is 35.4 Å². The van der Waals surface area contributed by atoms with Gasteiger partial charge in [-0.05, 0) is 37.8 Å². The summed E-state index contributed by atoms with van der Waals surface area (Å²) in [6, 6.07) is 7.72. The Hall–Kier alpha value is -2.36. The van der Waals surface area contributed by atoms with Crippen LogP contribution in [0.1, 0.15) is 128 Å². The van der Waals surface area contributed by atoms with Crippen molar-refractivity contribution >= 4 is 22.7 Å². The van der Waals surface area contributed by atoms with Gasteiger partial charge < -0.3 is 9.47 Å². The summed E-state index contributed by atoms with van der Waals surface area (Å²) in [5, 5.41) is 1.62. The first-order valence-corrected chi connectivity index (χ1v) is 14.4. The molecule has 0 N–H and O–H groups in total. The Morgan fingerprint density at radius 1 is 0.556 bits per heavy atom. The van der Waals surface area contributed by atoms with Crippen molar-refractivity contribution in [3.8, 4) is 11.5 Å². The molecule has 4 heteroatoms. The van der Waals surface area contributed by atoms with Crippen LogP contribution in [0.5, 0.6) is 11.5 Å². The highest BCUT2D eigenvalue weighted by atomic mass is 16.5. The van der Waals surface area contributed by atoms with Crippen molar-refractivity contribution in [2.45, 2.75) is 130 Å². The molecule has 0 aliphatic rings. The van der Waals surface area contributed by atoms with Crippen LogP contribution in [0.2, 0.25) is 0 Å². The second-order valence-corrected chi connectivity index (χ2v) is 10.1. The molecule has 0 radical (unpaired) electrons. The Kier molecular flexibility index (Phi) is 14.2. The number of carbonyl (C=O) groups is 2. The average molecular weight is 497 g/mol. The van der Waals surface area contributed by atoms with E-state index in [0.29, 0.717) is 24.3 Å². The van der Waals surface area contributed by atoms with Crippen LogP contribution in [0.4, 0.5) is 0 Å². The summed E-state index contributed by atoms with van der Waals surface area (Å²) in [6.07, 6.45) is 17.1. The minimum absolute atomic E-state index is 0.195. The van der Waals surface area contributed by atoms with Gasteiger partial charge in [-0.3, -0.25) is 9.59 Å². The zero-order chi connectivity index (χ0) is 26.2. The summed E-state index contributed by atoms with van der Waals surface area (Å²) in [5.41, 5.74) is 1.70. The molecule has 0 aliphatic heterocycles. The van der Waals surface area contributed by atoms with Crippen molar-refractivity contribution in [3.63, 3.8) is 0 Å². The van der Waals surface area contributed by atoms with E-state index in [1.807, 2.05) is 38.1 Å². The summed E-state index contributed by atoms with van der Waals surface area (Å²) in [5.74, 6) is 0.783. The summed E-state index contributed by atoms with van der Waals surface area (Å²) < 4.78 is 11.8. The predicted molar refractivity (Wildman–Crippen MR) is 150 cm³/mol. The monoisotopic (exact) mass is 496 g/mol. The quantitative estimate of drug-likeness (QED) is 0.117. The Labute approximate surface area is 219 Å². The molecule has 2 aromatic carbocycles. The molecule has 0 aliphatic carbocycles.